The maximum Gasteiger partial charge on any atom is 0.0494 e. The SMILES string of the molecule is C=C.C=C/C=C\c1c(C)c(C)c(C=C)n1-c1ccccc1. The van der Waals surface area contributed by atoms with E-state index in [2.05, 4.69) is 62.9 Å². The van der Waals surface area contributed by atoms with Crippen molar-refractivity contribution in [2.75, 3.05) is 0 Å². The van der Waals surface area contributed by atoms with Crippen LogP contribution in [0.4, 0.5) is 0 Å². The first kappa shape index (κ1) is 16.5. The van der Waals surface area contributed by atoms with Crippen molar-refractivity contribution in [3.8, 4) is 5.69 Å². The summed E-state index contributed by atoms with van der Waals surface area (Å²) in [7, 11) is 0. The fraction of sp³-hybridized carbons (Fsp3) is 0.100. The van der Waals surface area contributed by atoms with Crippen LogP contribution in [0.15, 0.2) is 68.8 Å². The van der Waals surface area contributed by atoms with Crippen LogP contribution >= 0.6 is 0 Å². The van der Waals surface area contributed by atoms with Gasteiger partial charge in [0.2, 0.25) is 0 Å². The van der Waals surface area contributed by atoms with Crippen LogP contribution in [0.25, 0.3) is 17.8 Å². The van der Waals surface area contributed by atoms with Crippen molar-refractivity contribution in [1.82, 2.24) is 4.57 Å². The number of allylic oxidation sites excluding steroid dienone is 2. The number of benzene rings is 1. The van der Waals surface area contributed by atoms with Gasteiger partial charge in [-0.15, -0.1) is 13.2 Å². The van der Waals surface area contributed by atoms with Gasteiger partial charge in [0.05, 0.1) is 0 Å². The maximum absolute atomic E-state index is 3.95. The molecule has 0 aliphatic heterocycles. The molecule has 1 heterocycles. The Morgan fingerprint density at radius 2 is 1.48 bits per heavy atom. The predicted molar refractivity (Wildman–Crippen MR) is 95.8 cm³/mol. The standard InChI is InChI=1S/C18H19N.C2H4/c1-5-7-13-18-15(4)14(3)17(6-2)19(18)16-11-9-8-10-12-16;1-2/h5-13H,1-2H2,3-4H3;1-2H2/b13-7-;. The molecule has 0 atom stereocenters. The number of hydrogen-bond donors (Lipinski definition) is 0. The van der Waals surface area contributed by atoms with E-state index in [1.165, 1.54) is 16.8 Å². The van der Waals surface area contributed by atoms with Gasteiger partial charge in [0, 0.05) is 17.1 Å². The first-order valence-corrected chi connectivity index (χ1v) is 6.89. The Morgan fingerprint density at radius 1 is 0.905 bits per heavy atom. The highest BCUT2D eigenvalue weighted by Crippen LogP contribution is 2.27. The molecular weight excluding hydrogens is 254 g/mol. The summed E-state index contributed by atoms with van der Waals surface area (Å²) in [6.45, 7) is 18.0. The summed E-state index contributed by atoms with van der Waals surface area (Å²) in [4.78, 5) is 0. The molecule has 21 heavy (non-hydrogen) atoms. The van der Waals surface area contributed by atoms with Crippen molar-refractivity contribution in [2.45, 2.75) is 13.8 Å². The molecule has 2 aromatic rings. The zero-order valence-electron chi connectivity index (χ0n) is 13.0. The van der Waals surface area contributed by atoms with E-state index in [-0.39, 0.29) is 0 Å². The van der Waals surface area contributed by atoms with Gasteiger partial charge in [0.15, 0.2) is 0 Å². The fourth-order valence-electron chi connectivity index (χ4n) is 2.31. The topological polar surface area (TPSA) is 4.93 Å². The van der Waals surface area contributed by atoms with E-state index in [9.17, 15) is 0 Å². The van der Waals surface area contributed by atoms with Crippen LogP contribution in [-0.4, -0.2) is 4.57 Å². The molecule has 0 saturated heterocycles. The Labute approximate surface area is 128 Å². The lowest BCUT2D eigenvalue weighted by Gasteiger charge is -2.10. The lowest BCUT2D eigenvalue weighted by Crippen LogP contribution is -1.99. The van der Waals surface area contributed by atoms with Crippen LogP contribution in [0.3, 0.4) is 0 Å². The van der Waals surface area contributed by atoms with E-state index in [0.717, 1.165) is 11.4 Å². The molecule has 0 unspecified atom stereocenters. The number of rotatable bonds is 4. The van der Waals surface area contributed by atoms with E-state index in [4.69, 9.17) is 0 Å². The van der Waals surface area contributed by atoms with Gasteiger partial charge in [-0.3, -0.25) is 0 Å². The zero-order valence-corrected chi connectivity index (χ0v) is 13.0. The smallest absolute Gasteiger partial charge is 0.0494 e. The summed E-state index contributed by atoms with van der Waals surface area (Å²) in [6.07, 6.45) is 7.77. The van der Waals surface area contributed by atoms with Crippen LogP contribution < -0.4 is 0 Å². The number of hydrogen-bond acceptors (Lipinski definition) is 0. The van der Waals surface area contributed by atoms with E-state index in [1.54, 1.807) is 6.08 Å². The quantitative estimate of drug-likeness (QED) is 0.496. The van der Waals surface area contributed by atoms with E-state index >= 15 is 0 Å². The Bertz CT molecular complexity index is 642. The summed E-state index contributed by atoms with van der Waals surface area (Å²) in [5.41, 5.74) is 6.02. The Hall–Kier alpha value is -2.54. The molecule has 0 fully saturated rings. The van der Waals surface area contributed by atoms with E-state index in [0.29, 0.717) is 0 Å². The molecule has 0 N–H and O–H groups in total. The molecular formula is C20H23N. The van der Waals surface area contributed by atoms with Crippen molar-refractivity contribution in [1.29, 1.82) is 0 Å². The van der Waals surface area contributed by atoms with Crippen molar-refractivity contribution >= 4 is 12.2 Å². The van der Waals surface area contributed by atoms with Gasteiger partial charge in [-0.2, -0.15) is 0 Å². The van der Waals surface area contributed by atoms with Gasteiger partial charge >= 0.3 is 0 Å². The second-order valence-corrected chi connectivity index (χ2v) is 4.49. The lowest BCUT2D eigenvalue weighted by atomic mass is 10.1. The largest absolute Gasteiger partial charge is 0.310 e. The highest BCUT2D eigenvalue weighted by Gasteiger charge is 2.14. The summed E-state index contributed by atoms with van der Waals surface area (Å²) >= 11 is 0. The molecule has 0 radical (unpaired) electrons. The third kappa shape index (κ3) is 3.32. The average molecular weight is 277 g/mol. The molecule has 1 aromatic heterocycles. The second kappa shape index (κ2) is 7.91. The molecule has 0 bridgehead atoms. The Balaban J connectivity index is 0.00000106. The zero-order chi connectivity index (χ0) is 15.8. The van der Waals surface area contributed by atoms with Crippen molar-refractivity contribution < 1.29 is 0 Å². The van der Waals surface area contributed by atoms with Gasteiger partial charge < -0.3 is 4.57 Å². The average Bonchev–Trinajstić information content (AvgIpc) is 2.79. The summed E-state index contributed by atoms with van der Waals surface area (Å²) in [5.74, 6) is 0. The molecule has 1 heteroatoms. The number of para-hydroxylation sites is 1. The van der Waals surface area contributed by atoms with Crippen molar-refractivity contribution in [3.63, 3.8) is 0 Å². The Morgan fingerprint density at radius 3 is 2.00 bits per heavy atom. The molecule has 1 aromatic carbocycles. The minimum Gasteiger partial charge on any atom is -0.310 e. The molecule has 0 aliphatic rings. The monoisotopic (exact) mass is 277 g/mol. The van der Waals surface area contributed by atoms with Gasteiger partial charge in [-0.1, -0.05) is 43.5 Å². The molecule has 108 valence electrons. The highest BCUT2D eigenvalue weighted by molar-refractivity contribution is 5.66. The minimum absolute atomic E-state index is 1.15. The van der Waals surface area contributed by atoms with Crippen LogP contribution in [0.1, 0.15) is 22.5 Å². The van der Waals surface area contributed by atoms with E-state index < -0.39 is 0 Å². The molecule has 0 aliphatic carbocycles. The normalized spacial score (nSPS) is 10.0. The second-order valence-electron chi connectivity index (χ2n) is 4.49. The first-order valence-electron chi connectivity index (χ1n) is 6.89. The van der Waals surface area contributed by atoms with E-state index in [1.807, 2.05) is 30.4 Å². The third-order valence-corrected chi connectivity index (χ3v) is 3.41. The number of aromatic nitrogens is 1. The van der Waals surface area contributed by atoms with Crippen LogP contribution in [-0.2, 0) is 0 Å². The summed E-state index contributed by atoms with van der Waals surface area (Å²) in [5, 5.41) is 0. The molecule has 1 nitrogen and oxygen atoms in total. The molecule has 2 rings (SSSR count). The van der Waals surface area contributed by atoms with Crippen molar-refractivity contribution in [3.05, 3.63) is 91.3 Å². The molecule has 0 saturated carbocycles. The van der Waals surface area contributed by atoms with Gasteiger partial charge in [-0.25, -0.2) is 0 Å². The third-order valence-electron chi connectivity index (χ3n) is 3.41. The minimum atomic E-state index is 1.15. The predicted octanol–water partition coefficient (Wildman–Crippen LogP) is 5.74. The van der Waals surface area contributed by atoms with Crippen LogP contribution in [0.2, 0.25) is 0 Å². The molecule has 0 spiro atoms. The fourth-order valence-corrected chi connectivity index (χ4v) is 2.31. The first-order chi connectivity index (χ1) is 10.2. The highest BCUT2D eigenvalue weighted by atomic mass is 15.0. The van der Waals surface area contributed by atoms with Crippen molar-refractivity contribution in [2.24, 2.45) is 0 Å². The lowest BCUT2D eigenvalue weighted by molar-refractivity contribution is 1.04. The van der Waals surface area contributed by atoms with Gasteiger partial charge in [0.25, 0.3) is 0 Å². The summed E-state index contributed by atoms with van der Waals surface area (Å²) in [6, 6.07) is 10.3. The maximum atomic E-state index is 3.95. The summed E-state index contributed by atoms with van der Waals surface area (Å²) < 4.78 is 2.23. The number of nitrogens with zero attached hydrogens (tertiary/aromatic N) is 1. The van der Waals surface area contributed by atoms with Crippen LogP contribution in [0, 0.1) is 13.8 Å². The van der Waals surface area contributed by atoms with Gasteiger partial charge in [-0.05, 0) is 49.3 Å². The van der Waals surface area contributed by atoms with Crippen LogP contribution in [0.5, 0.6) is 0 Å². The Kier molecular flexibility index (Phi) is 6.22. The molecule has 0 amide bonds. The van der Waals surface area contributed by atoms with Gasteiger partial charge in [0.1, 0.15) is 0 Å².